The van der Waals surface area contributed by atoms with Crippen molar-refractivity contribution in [3.05, 3.63) is 0 Å². The highest BCUT2D eigenvalue weighted by atomic mass is 16.2. The summed E-state index contributed by atoms with van der Waals surface area (Å²) >= 11 is 0. The molecule has 0 spiro atoms. The van der Waals surface area contributed by atoms with Gasteiger partial charge in [0.05, 0.1) is 0 Å². The fraction of sp³-hybridized carbons (Fsp3) is 0.867. The van der Waals surface area contributed by atoms with E-state index in [0.29, 0.717) is 12.3 Å². The summed E-state index contributed by atoms with van der Waals surface area (Å²) in [5.41, 5.74) is 0. The van der Waals surface area contributed by atoms with Gasteiger partial charge in [-0.15, -0.1) is 0 Å². The third-order valence-corrected chi connectivity index (χ3v) is 4.39. The van der Waals surface area contributed by atoms with E-state index >= 15 is 0 Å². The van der Waals surface area contributed by atoms with Crippen LogP contribution >= 0.6 is 0 Å². The van der Waals surface area contributed by atoms with E-state index < -0.39 is 0 Å². The summed E-state index contributed by atoms with van der Waals surface area (Å²) in [6.45, 7) is 5.01. The van der Waals surface area contributed by atoms with E-state index in [4.69, 9.17) is 0 Å². The zero-order valence-electron chi connectivity index (χ0n) is 12.1. The first-order chi connectivity index (χ1) is 9.22. The van der Waals surface area contributed by atoms with Gasteiger partial charge in [-0.3, -0.25) is 9.59 Å². The molecule has 1 aliphatic carbocycles. The van der Waals surface area contributed by atoms with Crippen LogP contribution in [-0.2, 0) is 9.59 Å². The number of nitrogens with zero attached hydrogens (tertiary/aromatic N) is 2. The highest BCUT2D eigenvalue weighted by molar-refractivity contribution is 5.80. The number of carbonyl (C=O) groups is 2. The van der Waals surface area contributed by atoms with Crippen molar-refractivity contribution < 1.29 is 9.59 Å². The summed E-state index contributed by atoms with van der Waals surface area (Å²) in [6.07, 6.45) is 7.22. The molecule has 108 valence electrons. The van der Waals surface area contributed by atoms with Gasteiger partial charge in [-0.2, -0.15) is 0 Å². The third kappa shape index (κ3) is 3.71. The lowest BCUT2D eigenvalue weighted by Crippen LogP contribution is -2.51. The Bertz CT molecular complexity index is 316. The van der Waals surface area contributed by atoms with Gasteiger partial charge in [-0.25, -0.2) is 0 Å². The standard InChI is InChI=1S/C15H26N2O2/c1-2-3-8-14(18)16-9-11-17(12-10-16)15(19)13-6-4-5-7-13/h13H,2-12H2,1H3. The van der Waals surface area contributed by atoms with Crippen LogP contribution in [0.4, 0.5) is 0 Å². The molecule has 0 aromatic rings. The highest BCUT2D eigenvalue weighted by Gasteiger charge is 2.30. The Balaban J connectivity index is 1.75. The molecule has 1 saturated heterocycles. The maximum absolute atomic E-state index is 12.3. The van der Waals surface area contributed by atoms with Crippen molar-refractivity contribution in [2.75, 3.05) is 26.2 Å². The molecule has 0 unspecified atom stereocenters. The summed E-state index contributed by atoms with van der Waals surface area (Å²) < 4.78 is 0. The van der Waals surface area contributed by atoms with Gasteiger partial charge in [0, 0.05) is 38.5 Å². The molecule has 4 nitrogen and oxygen atoms in total. The summed E-state index contributed by atoms with van der Waals surface area (Å²) in [6, 6.07) is 0. The van der Waals surface area contributed by atoms with Crippen molar-refractivity contribution >= 4 is 11.8 Å². The summed E-state index contributed by atoms with van der Waals surface area (Å²) in [4.78, 5) is 28.1. The molecule has 1 aliphatic heterocycles. The van der Waals surface area contributed by atoms with Crippen molar-refractivity contribution in [3.8, 4) is 0 Å². The first-order valence-electron chi connectivity index (χ1n) is 7.79. The predicted octanol–water partition coefficient (Wildman–Crippen LogP) is 2.04. The number of carbonyl (C=O) groups excluding carboxylic acids is 2. The molecule has 1 saturated carbocycles. The molecule has 4 heteroatoms. The van der Waals surface area contributed by atoms with Crippen LogP contribution in [0.25, 0.3) is 0 Å². The van der Waals surface area contributed by atoms with Crippen LogP contribution < -0.4 is 0 Å². The van der Waals surface area contributed by atoms with Crippen molar-refractivity contribution in [2.24, 2.45) is 5.92 Å². The molecule has 0 N–H and O–H groups in total. The summed E-state index contributed by atoms with van der Waals surface area (Å²) in [7, 11) is 0. The van der Waals surface area contributed by atoms with E-state index in [-0.39, 0.29) is 11.8 Å². The molecular formula is C15H26N2O2. The number of hydrogen-bond donors (Lipinski definition) is 0. The number of unbranched alkanes of at least 4 members (excludes halogenated alkanes) is 1. The van der Waals surface area contributed by atoms with Gasteiger partial charge in [-0.05, 0) is 19.3 Å². The molecule has 0 aromatic heterocycles. The molecule has 2 amide bonds. The number of piperazine rings is 1. The Morgan fingerprint density at radius 2 is 1.58 bits per heavy atom. The molecule has 0 atom stereocenters. The van der Waals surface area contributed by atoms with Crippen molar-refractivity contribution in [3.63, 3.8) is 0 Å². The van der Waals surface area contributed by atoms with Gasteiger partial charge in [0.25, 0.3) is 0 Å². The normalized spacial score (nSPS) is 20.9. The zero-order valence-corrected chi connectivity index (χ0v) is 12.1. The van der Waals surface area contributed by atoms with E-state index in [1.165, 1.54) is 12.8 Å². The molecule has 0 radical (unpaired) electrons. The molecule has 1 heterocycles. The maximum atomic E-state index is 12.3. The van der Waals surface area contributed by atoms with Crippen LogP contribution in [0.1, 0.15) is 51.9 Å². The van der Waals surface area contributed by atoms with Gasteiger partial charge >= 0.3 is 0 Å². The monoisotopic (exact) mass is 266 g/mol. The fourth-order valence-corrected chi connectivity index (χ4v) is 3.09. The molecule has 0 bridgehead atoms. The lowest BCUT2D eigenvalue weighted by Gasteiger charge is -2.36. The number of amides is 2. The smallest absolute Gasteiger partial charge is 0.225 e. The van der Waals surface area contributed by atoms with Gasteiger partial charge < -0.3 is 9.80 Å². The van der Waals surface area contributed by atoms with E-state index in [1.807, 2.05) is 9.80 Å². The molecule has 2 aliphatic rings. The zero-order chi connectivity index (χ0) is 13.7. The van der Waals surface area contributed by atoms with E-state index in [2.05, 4.69) is 6.92 Å². The topological polar surface area (TPSA) is 40.6 Å². The number of rotatable bonds is 4. The quantitative estimate of drug-likeness (QED) is 0.781. The van der Waals surface area contributed by atoms with Gasteiger partial charge in [0.1, 0.15) is 0 Å². The second-order valence-corrected chi connectivity index (χ2v) is 5.79. The highest BCUT2D eigenvalue weighted by Crippen LogP contribution is 2.26. The second-order valence-electron chi connectivity index (χ2n) is 5.79. The van der Waals surface area contributed by atoms with E-state index in [1.54, 1.807) is 0 Å². The van der Waals surface area contributed by atoms with Crippen LogP contribution in [0, 0.1) is 5.92 Å². The minimum Gasteiger partial charge on any atom is -0.339 e. The molecule has 19 heavy (non-hydrogen) atoms. The molecular weight excluding hydrogens is 240 g/mol. The lowest BCUT2D eigenvalue weighted by molar-refractivity contribution is -0.142. The SMILES string of the molecule is CCCCC(=O)N1CCN(C(=O)C2CCCC2)CC1. The first-order valence-corrected chi connectivity index (χ1v) is 7.79. The average molecular weight is 266 g/mol. The first kappa shape index (κ1) is 14.4. The maximum Gasteiger partial charge on any atom is 0.225 e. The van der Waals surface area contributed by atoms with E-state index in [9.17, 15) is 9.59 Å². The Hall–Kier alpha value is -1.06. The van der Waals surface area contributed by atoms with Crippen LogP contribution in [-0.4, -0.2) is 47.8 Å². The number of hydrogen-bond acceptors (Lipinski definition) is 2. The Labute approximate surface area is 116 Å². The average Bonchev–Trinajstić information content (AvgIpc) is 2.98. The molecule has 0 aromatic carbocycles. The van der Waals surface area contributed by atoms with Crippen LogP contribution in [0.3, 0.4) is 0 Å². The summed E-state index contributed by atoms with van der Waals surface area (Å²) in [5, 5.41) is 0. The molecule has 2 fully saturated rings. The van der Waals surface area contributed by atoms with Crippen molar-refractivity contribution in [1.82, 2.24) is 9.80 Å². The summed E-state index contributed by atoms with van der Waals surface area (Å²) in [5.74, 6) is 0.857. The Kier molecular flexibility index (Phi) is 5.23. The van der Waals surface area contributed by atoms with Crippen LogP contribution in [0.2, 0.25) is 0 Å². The van der Waals surface area contributed by atoms with Gasteiger partial charge in [0.2, 0.25) is 11.8 Å². The minimum atomic E-state index is 0.259. The second kappa shape index (κ2) is 6.92. The van der Waals surface area contributed by atoms with Crippen molar-refractivity contribution in [1.29, 1.82) is 0 Å². The van der Waals surface area contributed by atoms with Gasteiger partial charge in [0.15, 0.2) is 0 Å². The van der Waals surface area contributed by atoms with Crippen LogP contribution in [0.15, 0.2) is 0 Å². The van der Waals surface area contributed by atoms with Crippen LogP contribution in [0.5, 0.6) is 0 Å². The largest absolute Gasteiger partial charge is 0.339 e. The predicted molar refractivity (Wildman–Crippen MR) is 74.6 cm³/mol. The third-order valence-electron chi connectivity index (χ3n) is 4.39. The molecule has 2 rings (SSSR count). The van der Waals surface area contributed by atoms with E-state index in [0.717, 1.165) is 51.9 Å². The fourth-order valence-electron chi connectivity index (χ4n) is 3.09. The lowest BCUT2D eigenvalue weighted by atomic mass is 10.1. The van der Waals surface area contributed by atoms with Crippen molar-refractivity contribution in [2.45, 2.75) is 51.9 Å². The Morgan fingerprint density at radius 3 is 2.16 bits per heavy atom. The Morgan fingerprint density at radius 1 is 1.00 bits per heavy atom. The van der Waals surface area contributed by atoms with Gasteiger partial charge in [-0.1, -0.05) is 26.2 Å². The minimum absolute atomic E-state index is 0.259.